The molecule has 0 aromatic carbocycles. The highest BCUT2D eigenvalue weighted by Gasteiger charge is 2.34. The van der Waals surface area contributed by atoms with Gasteiger partial charge in [0, 0.05) is 46.0 Å². The lowest BCUT2D eigenvalue weighted by atomic mass is 10.0. The van der Waals surface area contributed by atoms with Crippen molar-refractivity contribution >= 4 is 12.0 Å². The largest absolute Gasteiger partial charge is 0.453 e. The van der Waals surface area contributed by atoms with Gasteiger partial charge in [0.1, 0.15) is 11.9 Å². The van der Waals surface area contributed by atoms with Crippen LogP contribution in [0.1, 0.15) is 31.5 Å². The Bertz CT molecular complexity index is 543. The number of piperidine rings is 1. The van der Waals surface area contributed by atoms with E-state index in [1.54, 1.807) is 23.0 Å². The van der Waals surface area contributed by atoms with E-state index >= 15 is 0 Å². The fourth-order valence-electron chi connectivity index (χ4n) is 3.00. The highest BCUT2D eigenvalue weighted by atomic mass is 16.5. The lowest BCUT2D eigenvalue weighted by Crippen LogP contribution is -2.52. The molecule has 7 nitrogen and oxygen atoms in total. The molecule has 0 unspecified atom stereocenters. The Kier molecular flexibility index (Phi) is 6.01. The maximum absolute atomic E-state index is 12.6. The first-order valence-corrected chi connectivity index (χ1v) is 8.10. The molecule has 1 fully saturated rings. The second-order valence-corrected chi connectivity index (χ2v) is 5.99. The van der Waals surface area contributed by atoms with Gasteiger partial charge in [-0.05, 0) is 25.7 Å². The third-order valence-electron chi connectivity index (χ3n) is 4.39. The molecule has 0 bridgehead atoms. The van der Waals surface area contributed by atoms with Gasteiger partial charge in [-0.3, -0.25) is 9.69 Å². The van der Waals surface area contributed by atoms with Crippen molar-refractivity contribution in [3.05, 3.63) is 18.2 Å². The van der Waals surface area contributed by atoms with Crippen molar-refractivity contribution in [2.45, 2.75) is 38.1 Å². The fraction of sp³-hybridized carbons (Fsp3) is 0.688. The number of carbonyl (C=O) groups is 2. The number of aromatic nitrogens is 2. The van der Waals surface area contributed by atoms with Crippen molar-refractivity contribution in [1.29, 1.82) is 0 Å². The van der Waals surface area contributed by atoms with E-state index in [4.69, 9.17) is 4.74 Å². The van der Waals surface area contributed by atoms with Crippen LogP contribution in [0.3, 0.4) is 0 Å². The summed E-state index contributed by atoms with van der Waals surface area (Å²) in [4.78, 5) is 32.0. The van der Waals surface area contributed by atoms with Gasteiger partial charge in [-0.15, -0.1) is 0 Å². The minimum atomic E-state index is -0.413. The maximum Gasteiger partial charge on any atom is 0.410 e. The average Bonchev–Trinajstić information content (AvgIpc) is 2.98. The van der Waals surface area contributed by atoms with Crippen LogP contribution in [0.4, 0.5) is 4.79 Å². The first-order valence-electron chi connectivity index (χ1n) is 8.10. The van der Waals surface area contributed by atoms with E-state index in [1.807, 2.05) is 17.8 Å². The number of likely N-dealkylation sites (tertiary alicyclic amines) is 1. The van der Waals surface area contributed by atoms with Crippen molar-refractivity contribution in [2.24, 2.45) is 7.05 Å². The van der Waals surface area contributed by atoms with Gasteiger partial charge in [0.05, 0.1) is 7.11 Å². The Morgan fingerprint density at radius 1 is 1.43 bits per heavy atom. The van der Waals surface area contributed by atoms with E-state index in [2.05, 4.69) is 4.98 Å². The van der Waals surface area contributed by atoms with Crippen LogP contribution in [-0.2, 0) is 23.0 Å². The fourth-order valence-corrected chi connectivity index (χ4v) is 3.00. The molecule has 0 saturated carbocycles. The van der Waals surface area contributed by atoms with Crippen molar-refractivity contribution in [3.8, 4) is 0 Å². The Morgan fingerprint density at radius 2 is 2.22 bits per heavy atom. The number of likely N-dealkylation sites (N-methyl/N-ethyl adjacent to an activating group) is 1. The quantitative estimate of drug-likeness (QED) is 0.822. The molecule has 1 aliphatic heterocycles. The van der Waals surface area contributed by atoms with Crippen LogP contribution in [-0.4, -0.2) is 64.6 Å². The van der Waals surface area contributed by atoms with E-state index in [0.717, 1.165) is 31.5 Å². The number of rotatable bonds is 5. The monoisotopic (exact) mass is 322 g/mol. The third-order valence-corrected chi connectivity index (χ3v) is 4.39. The highest BCUT2D eigenvalue weighted by Crippen LogP contribution is 2.19. The van der Waals surface area contributed by atoms with Crippen LogP contribution in [0.25, 0.3) is 0 Å². The average molecular weight is 322 g/mol. The number of nitrogens with zero attached hydrogens (tertiary/aromatic N) is 4. The molecule has 1 aliphatic rings. The second kappa shape index (κ2) is 7.99. The summed E-state index contributed by atoms with van der Waals surface area (Å²) in [6.45, 7) is 1.24. The van der Waals surface area contributed by atoms with Crippen molar-refractivity contribution < 1.29 is 14.3 Å². The molecule has 2 rings (SSSR count). The van der Waals surface area contributed by atoms with Crippen LogP contribution in [0.2, 0.25) is 0 Å². The number of hydrogen-bond donors (Lipinski definition) is 0. The zero-order chi connectivity index (χ0) is 16.8. The molecule has 23 heavy (non-hydrogen) atoms. The maximum atomic E-state index is 12.6. The number of methoxy groups -OCH3 is 1. The molecule has 128 valence electrons. The van der Waals surface area contributed by atoms with Gasteiger partial charge in [0.2, 0.25) is 5.91 Å². The summed E-state index contributed by atoms with van der Waals surface area (Å²) in [5.74, 6) is 1.01. The van der Waals surface area contributed by atoms with Crippen LogP contribution in [0.15, 0.2) is 12.4 Å². The first kappa shape index (κ1) is 17.3. The van der Waals surface area contributed by atoms with Gasteiger partial charge >= 0.3 is 6.09 Å². The molecule has 0 radical (unpaired) electrons. The van der Waals surface area contributed by atoms with Gasteiger partial charge in [0.25, 0.3) is 0 Å². The predicted molar refractivity (Wildman–Crippen MR) is 85.9 cm³/mol. The zero-order valence-electron chi connectivity index (χ0n) is 14.2. The van der Waals surface area contributed by atoms with Gasteiger partial charge < -0.3 is 14.2 Å². The molecule has 1 aromatic heterocycles. The number of hydrogen-bond acceptors (Lipinski definition) is 4. The minimum absolute atomic E-state index is 0.00468. The molecule has 0 aliphatic carbocycles. The van der Waals surface area contributed by atoms with Crippen molar-refractivity contribution in [3.63, 3.8) is 0 Å². The normalized spacial score (nSPS) is 17.9. The topological polar surface area (TPSA) is 67.7 Å². The Hall–Kier alpha value is -2.05. The Labute approximate surface area is 137 Å². The number of imidazole rings is 1. The smallest absolute Gasteiger partial charge is 0.410 e. The van der Waals surface area contributed by atoms with E-state index in [9.17, 15) is 9.59 Å². The SMILES string of the molecule is COC(=O)N1CCCC[C@@H]1C(=O)N(C)CCCc1nccn1C. The van der Waals surface area contributed by atoms with E-state index in [1.165, 1.54) is 7.11 Å². The lowest BCUT2D eigenvalue weighted by molar-refractivity contribution is -0.136. The molecular weight excluding hydrogens is 296 g/mol. The molecule has 7 heteroatoms. The van der Waals surface area contributed by atoms with Crippen LogP contribution in [0, 0.1) is 0 Å². The molecule has 1 aromatic rings. The summed E-state index contributed by atoms with van der Waals surface area (Å²) in [6.07, 6.45) is 7.54. The molecular formula is C16H26N4O3. The van der Waals surface area contributed by atoms with Gasteiger partial charge in [-0.25, -0.2) is 9.78 Å². The summed E-state index contributed by atoms with van der Waals surface area (Å²) >= 11 is 0. The number of amides is 2. The van der Waals surface area contributed by atoms with Crippen LogP contribution >= 0.6 is 0 Å². The van der Waals surface area contributed by atoms with Crippen LogP contribution < -0.4 is 0 Å². The second-order valence-electron chi connectivity index (χ2n) is 5.99. The number of ether oxygens (including phenoxy) is 1. The van der Waals surface area contributed by atoms with Gasteiger partial charge in [-0.2, -0.15) is 0 Å². The summed E-state index contributed by atoms with van der Waals surface area (Å²) < 4.78 is 6.79. The lowest BCUT2D eigenvalue weighted by Gasteiger charge is -2.35. The number of aryl methyl sites for hydroxylation is 2. The van der Waals surface area contributed by atoms with Gasteiger partial charge in [0.15, 0.2) is 0 Å². The van der Waals surface area contributed by atoms with Gasteiger partial charge in [-0.1, -0.05) is 0 Å². The molecule has 0 N–H and O–H groups in total. The zero-order valence-corrected chi connectivity index (χ0v) is 14.2. The standard InChI is InChI=1S/C16H26N4O3/c1-18-12-9-17-14(18)8-6-10-19(2)15(21)13-7-4-5-11-20(13)16(22)23-3/h9,12-13H,4-8,10-11H2,1-3H3/t13-/m1/s1. The first-order chi connectivity index (χ1) is 11.0. The molecule has 2 heterocycles. The Balaban J connectivity index is 1.87. The predicted octanol–water partition coefficient (Wildman–Crippen LogP) is 1.43. The number of carbonyl (C=O) groups excluding carboxylic acids is 2. The summed E-state index contributed by atoms with van der Waals surface area (Å²) in [7, 11) is 5.12. The molecule has 1 saturated heterocycles. The summed E-state index contributed by atoms with van der Waals surface area (Å²) in [5, 5.41) is 0. The third kappa shape index (κ3) is 4.24. The minimum Gasteiger partial charge on any atom is -0.453 e. The summed E-state index contributed by atoms with van der Waals surface area (Å²) in [6, 6.07) is -0.394. The highest BCUT2D eigenvalue weighted by molar-refractivity contribution is 5.85. The summed E-state index contributed by atoms with van der Waals surface area (Å²) in [5.41, 5.74) is 0. The molecule has 2 amide bonds. The van der Waals surface area contributed by atoms with E-state index < -0.39 is 12.1 Å². The van der Waals surface area contributed by atoms with Crippen molar-refractivity contribution in [2.75, 3.05) is 27.2 Å². The van der Waals surface area contributed by atoms with E-state index in [-0.39, 0.29) is 5.91 Å². The molecule has 1 atom stereocenters. The Morgan fingerprint density at radius 3 is 2.87 bits per heavy atom. The van der Waals surface area contributed by atoms with Crippen molar-refractivity contribution in [1.82, 2.24) is 19.4 Å². The van der Waals surface area contributed by atoms with E-state index in [0.29, 0.717) is 19.5 Å². The van der Waals surface area contributed by atoms with Crippen LogP contribution in [0.5, 0.6) is 0 Å². The molecule has 0 spiro atoms.